The molecule has 0 aliphatic rings. The number of anilines is 1. The fourth-order valence-corrected chi connectivity index (χ4v) is 3.82. The minimum Gasteiger partial charge on any atom is -0.377 e. The molecule has 2 rings (SSSR count). The van der Waals surface area contributed by atoms with E-state index in [0.29, 0.717) is 12.2 Å². The summed E-state index contributed by atoms with van der Waals surface area (Å²) in [5.74, 6) is 0. The summed E-state index contributed by atoms with van der Waals surface area (Å²) in [7, 11) is -3.60. The fourth-order valence-electron chi connectivity index (χ4n) is 1.98. The number of nitro benzene ring substituents is 1. The van der Waals surface area contributed by atoms with Gasteiger partial charge in [0, 0.05) is 29.2 Å². The molecule has 9 heteroatoms. The number of hydrogen-bond donors (Lipinski definition) is 1. The first-order valence-electron chi connectivity index (χ1n) is 7.16. The number of nitro groups is 1. The molecule has 7 nitrogen and oxygen atoms in total. The Balaban J connectivity index is 2.27. The van der Waals surface area contributed by atoms with Crippen molar-refractivity contribution in [3.63, 3.8) is 0 Å². The lowest BCUT2D eigenvalue weighted by atomic mass is 9.93. The highest BCUT2D eigenvalue weighted by Gasteiger charge is 2.20. The van der Waals surface area contributed by atoms with Crippen LogP contribution in [0.5, 0.6) is 0 Å². The summed E-state index contributed by atoms with van der Waals surface area (Å²) in [4.78, 5) is 14.7. The first kappa shape index (κ1) is 18.3. The van der Waals surface area contributed by atoms with Crippen LogP contribution in [0, 0.1) is 10.1 Å². The molecule has 1 N–H and O–H groups in total. The molecule has 0 spiro atoms. The molecular weight excluding hydrogens is 350 g/mol. The fraction of sp³-hybridized carbons (Fsp3) is 0.400. The van der Waals surface area contributed by atoms with Crippen LogP contribution in [0.25, 0.3) is 0 Å². The highest BCUT2D eigenvalue weighted by molar-refractivity contribution is 7.90. The van der Waals surface area contributed by atoms with Crippen LogP contribution in [-0.2, 0) is 21.8 Å². The number of sulfone groups is 1. The quantitative estimate of drug-likeness (QED) is 0.640. The van der Waals surface area contributed by atoms with Gasteiger partial charge in [-0.25, -0.2) is 13.4 Å². The second-order valence-corrected chi connectivity index (χ2v) is 9.37. The van der Waals surface area contributed by atoms with Crippen molar-refractivity contribution in [3.8, 4) is 0 Å². The highest BCUT2D eigenvalue weighted by atomic mass is 32.2. The van der Waals surface area contributed by atoms with Gasteiger partial charge in [0.05, 0.1) is 27.7 Å². The van der Waals surface area contributed by atoms with Gasteiger partial charge in [0.25, 0.3) is 5.69 Å². The van der Waals surface area contributed by atoms with E-state index in [4.69, 9.17) is 0 Å². The zero-order valence-corrected chi connectivity index (χ0v) is 15.5. The van der Waals surface area contributed by atoms with E-state index in [2.05, 4.69) is 31.1 Å². The van der Waals surface area contributed by atoms with Gasteiger partial charge >= 0.3 is 0 Å². The predicted molar refractivity (Wildman–Crippen MR) is 94.3 cm³/mol. The zero-order valence-electron chi connectivity index (χ0n) is 13.9. The Kier molecular flexibility index (Phi) is 4.95. The first-order chi connectivity index (χ1) is 11.0. The smallest absolute Gasteiger partial charge is 0.270 e. The van der Waals surface area contributed by atoms with Crippen LogP contribution in [0.1, 0.15) is 31.5 Å². The molecule has 24 heavy (non-hydrogen) atoms. The molecule has 1 aromatic heterocycles. The summed E-state index contributed by atoms with van der Waals surface area (Å²) in [6.45, 7) is 6.55. The van der Waals surface area contributed by atoms with E-state index < -0.39 is 14.8 Å². The number of non-ortho nitro benzene ring substituents is 1. The lowest BCUT2D eigenvalue weighted by Gasteiger charge is -2.14. The van der Waals surface area contributed by atoms with Crippen molar-refractivity contribution in [1.29, 1.82) is 0 Å². The van der Waals surface area contributed by atoms with Crippen molar-refractivity contribution in [1.82, 2.24) is 4.98 Å². The lowest BCUT2D eigenvalue weighted by Crippen LogP contribution is -2.12. The van der Waals surface area contributed by atoms with E-state index in [1.54, 1.807) is 0 Å². The minimum atomic E-state index is -3.60. The van der Waals surface area contributed by atoms with Gasteiger partial charge in [-0.15, -0.1) is 11.3 Å². The SMILES string of the molecule is CC(C)(C)c1csc(CNc2ccc([N+](=O)[O-])cc2S(C)(=O)=O)n1. The second kappa shape index (κ2) is 6.48. The van der Waals surface area contributed by atoms with Gasteiger partial charge in [-0.05, 0) is 6.07 Å². The third-order valence-corrected chi connectivity index (χ3v) is 5.31. The second-order valence-electron chi connectivity index (χ2n) is 6.44. The Morgan fingerprint density at radius 2 is 2.00 bits per heavy atom. The van der Waals surface area contributed by atoms with Gasteiger partial charge < -0.3 is 5.32 Å². The van der Waals surface area contributed by atoms with Crippen LogP contribution in [-0.4, -0.2) is 24.6 Å². The molecule has 1 aromatic carbocycles. The monoisotopic (exact) mass is 369 g/mol. The lowest BCUT2D eigenvalue weighted by molar-refractivity contribution is -0.385. The van der Waals surface area contributed by atoms with Crippen LogP contribution in [0.2, 0.25) is 0 Å². The van der Waals surface area contributed by atoms with Crippen molar-refractivity contribution >= 4 is 32.5 Å². The molecule has 1 heterocycles. The molecule has 130 valence electrons. The Morgan fingerprint density at radius 1 is 1.33 bits per heavy atom. The molecule has 0 saturated carbocycles. The summed E-state index contributed by atoms with van der Waals surface area (Å²) in [6, 6.07) is 3.76. The average Bonchev–Trinajstić information content (AvgIpc) is 2.92. The van der Waals surface area contributed by atoms with Crippen LogP contribution >= 0.6 is 11.3 Å². The molecule has 0 aliphatic heterocycles. The zero-order chi connectivity index (χ0) is 18.1. The number of nitrogens with zero attached hydrogens (tertiary/aromatic N) is 2. The number of nitrogens with one attached hydrogen (secondary N) is 1. The Labute approximate surface area is 144 Å². The molecule has 0 saturated heterocycles. The standard InChI is InChI=1S/C15H19N3O4S2/c1-15(2,3)13-9-23-14(17-13)8-16-11-6-5-10(18(19)20)7-12(11)24(4,21)22/h5-7,9,16H,8H2,1-4H3. The summed E-state index contributed by atoms with van der Waals surface area (Å²) in [5, 5.41) is 16.7. The highest BCUT2D eigenvalue weighted by Crippen LogP contribution is 2.28. The maximum Gasteiger partial charge on any atom is 0.270 e. The summed E-state index contributed by atoms with van der Waals surface area (Å²) in [6.07, 6.45) is 1.03. The number of aromatic nitrogens is 1. The third kappa shape index (κ3) is 4.30. The summed E-state index contributed by atoms with van der Waals surface area (Å²) < 4.78 is 23.8. The molecule has 0 fully saturated rings. The molecule has 0 radical (unpaired) electrons. The predicted octanol–water partition coefficient (Wildman–Crippen LogP) is 3.36. The summed E-state index contributed by atoms with van der Waals surface area (Å²) in [5.41, 5.74) is 0.984. The molecular formula is C15H19N3O4S2. The van der Waals surface area contributed by atoms with Crippen LogP contribution in [0.4, 0.5) is 11.4 Å². The largest absolute Gasteiger partial charge is 0.377 e. The van der Waals surface area contributed by atoms with Gasteiger partial charge in [0.15, 0.2) is 9.84 Å². The van der Waals surface area contributed by atoms with Crippen molar-refractivity contribution in [3.05, 3.63) is 44.4 Å². The van der Waals surface area contributed by atoms with Gasteiger partial charge in [-0.2, -0.15) is 0 Å². The maximum absolute atomic E-state index is 11.9. The van der Waals surface area contributed by atoms with E-state index in [9.17, 15) is 18.5 Å². The summed E-state index contributed by atoms with van der Waals surface area (Å²) >= 11 is 1.49. The van der Waals surface area contributed by atoms with Gasteiger partial charge in [-0.3, -0.25) is 10.1 Å². The van der Waals surface area contributed by atoms with Gasteiger partial charge in [0.1, 0.15) is 5.01 Å². The normalized spacial score (nSPS) is 12.2. The molecule has 0 bridgehead atoms. The van der Waals surface area contributed by atoms with E-state index in [-0.39, 0.29) is 16.0 Å². The molecule has 2 aromatic rings. The van der Waals surface area contributed by atoms with Gasteiger partial charge in [0.2, 0.25) is 0 Å². The maximum atomic E-state index is 11.9. The van der Waals surface area contributed by atoms with Crippen LogP contribution < -0.4 is 5.32 Å². The molecule has 0 aliphatic carbocycles. The Hall–Kier alpha value is -2.00. The Bertz CT molecular complexity index is 867. The van der Waals surface area contributed by atoms with Crippen molar-refractivity contribution in [2.45, 2.75) is 37.6 Å². The van der Waals surface area contributed by atoms with E-state index in [1.807, 2.05) is 5.38 Å². The van der Waals surface area contributed by atoms with E-state index in [1.165, 1.54) is 23.5 Å². The van der Waals surface area contributed by atoms with Crippen molar-refractivity contribution < 1.29 is 13.3 Å². The number of rotatable bonds is 5. The first-order valence-corrected chi connectivity index (χ1v) is 9.93. The van der Waals surface area contributed by atoms with Crippen molar-refractivity contribution in [2.75, 3.05) is 11.6 Å². The minimum absolute atomic E-state index is 0.0555. The Morgan fingerprint density at radius 3 is 2.50 bits per heavy atom. The van der Waals surface area contributed by atoms with Crippen LogP contribution in [0.3, 0.4) is 0 Å². The molecule has 0 amide bonds. The number of hydrogen-bond acceptors (Lipinski definition) is 7. The molecule has 0 atom stereocenters. The average molecular weight is 369 g/mol. The number of thiazole rings is 1. The van der Waals surface area contributed by atoms with E-state index >= 15 is 0 Å². The van der Waals surface area contributed by atoms with Gasteiger partial charge in [-0.1, -0.05) is 20.8 Å². The topological polar surface area (TPSA) is 102 Å². The number of benzene rings is 1. The van der Waals surface area contributed by atoms with E-state index in [0.717, 1.165) is 23.0 Å². The molecule has 0 unspecified atom stereocenters. The van der Waals surface area contributed by atoms with Crippen LogP contribution in [0.15, 0.2) is 28.5 Å². The third-order valence-electron chi connectivity index (χ3n) is 3.33. The van der Waals surface area contributed by atoms with Crippen molar-refractivity contribution in [2.24, 2.45) is 0 Å².